The Morgan fingerprint density at radius 3 is 2.53 bits per heavy atom. The summed E-state index contributed by atoms with van der Waals surface area (Å²) in [6.45, 7) is 5.26. The summed E-state index contributed by atoms with van der Waals surface area (Å²) in [6.07, 6.45) is 1.66. The van der Waals surface area contributed by atoms with E-state index in [4.69, 9.17) is 9.90 Å². The number of nitriles is 1. The Kier molecular flexibility index (Phi) is 3.55. The Balaban J connectivity index is 1.68. The summed E-state index contributed by atoms with van der Waals surface area (Å²) in [5, 5.41) is 11.8. The van der Waals surface area contributed by atoms with Crippen molar-refractivity contribution in [2.45, 2.75) is 33.5 Å². The molecule has 0 radical (unpaired) electrons. The summed E-state index contributed by atoms with van der Waals surface area (Å²) in [5.41, 5.74) is 5.04. The molecule has 0 spiro atoms. The smallest absolute Gasteiger partial charge is 0.234 e. The van der Waals surface area contributed by atoms with E-state index < -0.39 is 18.2 Å². The van der Waals surface area contributed by atoms with Gasteiger partial charge in [0, 0.05) is 21.8 Å². The second kappa shape index (κ2) is 7.27. The van der Waals surface area contributed by atoms with Gasteiger partial charge in [-0.3, -0.25) is 4.98 Å². The van der Waals surface area contributed by atoms with E-state index in [1.807, 2.05) is 42.9 Å². The second-order valence-corrected chi connectivity index (χ2v) is 9.42. The maximum absolute atomic E-state index is 10.1. The van der Waals surface area contributed by atoms with E-state index in [0.29, 0.717) is 39.0 Å². The van der Waals surface area contributed by atoms with Crippen LogP contribution in [-0.2, 0) is 19.8 Å². The highest BCUT2D eigenvalue weighted by Gasteiger charge is 2.29. The molecule has 4 nitrogen and oxygen atoms in total. The molecule has 34 heavy (non-hydrogen) atoms. The molecule has 1 aliphatic carbocycles. The van der Waals surface area contributed by atoms with Crippen LogP contribution in [0.2, 0.25) is 0 Å². The lowest BCUT2D eigenvalue weighted by Gasteiger charge is -2.14. The number of nitrogens with zero attached hydrogens (tertiary/aromatic N) is 3. The molecule has 0 aliphatic heterocycles. The third-order valence-electron chi connectivity index (χ3n) is 6.55. The van der Waals surface area contributed by atoms with Crippen LogP contribution in [0.1, 0.15) is 41.6 Å². The first-order valence-electron chi connectivity index (χ1n) is 13.3. The zero-order valence-electron chi connectivity index (χ0n) is 23.5. The number of benzene rings is 3. The van der Waals surface area contributed by atoms with Gasteiger partial charge in [-0.15, -0.1) is 0 Å². The van der Waals surface area contributed by atoms with Crippen LogP contribution in [0.25, 0.3) is 44.3 Å². The van der Waals surface area contributed by atoms with E-state index in [-0.39, 0.29) is 0 Å². The predicted octanol–water partition coefficient (Wildman–Crippen LogP) is 6.44. The van der Waals surface area contributed by atoms with Crippen molar-refractivity contribution in [2.75, 3.05) is 0 Å². The van der Waals surface area contributed by atoms with Crippen LogP contribution in [0.3, 0.4) is 0 Å². The van der Waals surface area contributed by atoms with Crippen molar-refractivity contribution in [3.8, 4) is 28.5 Å². The standard InChI is InChI=1S/C30H26N3O/c1-18-5-9-23-24-10-8-21(16-31)27(19-6-7-20-14-30(2,3)15-22(20)13-19)29(24)34-28(23)26(18)25-17-32-11-12-33(25)4/h5-13,17H,14-15H2,1-4H3/q+1/i14D2,15D2. The molecule has 166 valence electrons. The van der Waals surface area contributed by atoms with Gasteiger partial charge in [0.15, 0.2) is 6.20 Å². The average molecular weight is 449 g/mol. The largest absolute Gasteiger partial charge is 0.454 e. The SMILES string of the molecule is [2H]C1([2H])c2ccc(-c3c(C#N)ccc4c3oc3c(-c5cncc[n+]5C)c(C)ccc34)cc2C([2H])([2H])C1(C)C. The van der Waals surface area contributed by atoms with Gasteiger partial charge in [0.25, 0.3) is 0 Å². The van der Waals surface area contributed by atoms with Crippen LogP contribution >= 0.6 is 0 Å². The van der Waals surface area contributed by atoms with Crippen molar-refractivity contribution < 1.29 is 14.5 Å². The molecule has 0 atom stereocenters. The number of aromatic nitrogens is 2. The molecule has 1 aliphatic rings. The molecule has 5 aromatic rings. The predicted molar refractivity (Wildman–Crippen MR) is 134 cm³/mol. The quantitative estimate of drug-likeness (QED) is 0.292. The van der Waals surface area contributed by atoms with Gasteiger partial charge in [-0.25, -0.2) is 0 Å². The van der Waals surface area contributed by atoms with Gasteiger partial charge in [-0.05, 0) is 59.5 Å². The molecule has 0 N–H and O–H groups in total. The molecule has 0 saturated carbocycles. The zero-order valence-corrected chi connectivity index (χ0v) is 19.5. The number of rotatable bonds is 2. The number of fused-ring (bicyclic) bond motifs is 4. The van der Waals surface area contributed by atoms with Crippen molar-refractivity contribution in [1.29, 1.82) is 5.26 Å². The summed E-state index contributed by atoms with van der Waals surface area (Å²) in [6, 6.07) is 15.1. The van der Waals surface area contributed by atoms with Gasteiger partial charge in [-0.1, -0.05) is 44.2 Å². The Hall–Kier alpha value is -3.97. The molecular formula is C30H26N3O+. The van der Waals surface area contributed by atoms with Crippen LogP contribution in [-0.4, -0.2) is 4.98 Å². The van der Waals surface area contributed by atoms with Crippen LogP contribution in [0.4, 0.5) is 0 Å². The highest BCUT2D eigenvalue weighted by atomic mass is 16.3. The second-order valence-electron chi connectivity index (χ2n) is 9.42. The molecule has 2 heterocycles. The minimum atomic E-state index is -1.91. The van der Waals surface area contributed by atoms with Crippen molar-refractivity contribution in [3.05, 3.63) is 83.3 Å². The van der Waals surface area contributed by atoms with Gasteiger partial charge in [-0.2, -0.15) is 9.83 Å². The van der Waals surface area contributed by atoms with Gasteiger partial charge in [0.1, 0.15) is 18.2 Å². The molecule has 3 aromatic carbocycles. The first-order chi connectivity index (χ1) is 17.9. The third-order valence-corrected chi connectivity index (χ3v) is 6.55. The summed E-state index contributed by atoms with van der Waals surface area (Å²) < 4.78 is 43.6. The Morgan fingerprint density at radius 2 is 1.76 bits per heavy atom. The van der Waals surface area contributed by atoms with E-state index in [1.54, 1.807) is 50.5 Å². The molecule has 0 unspecified atom stereocenters. The molecule has 6 rings (SSSR count). The van der Waals surface area contributed by atoms with Gasteiger partial charge in [0.05, 0.1) is 29.6 Å². The summed E-state index contributed by atoms with van der Waals surface area (Å²) in [4.78, 5) is 4.31. The summed E-state index contributed by atoms with van der Waals surface area (Å²) in [7, 11) is 1.95. The lowest BCUT2D eigenvalue weighted by Crippen LogP contribution is -2.30. The van der Waals surface area contributed by atoms with Crippen LogP contribution in [0.5, 0.6) is 0 Å². The Labute approximate surface area is 204 Å². The monoisotopic (exact) mass is 448 g/mol. The normalized spacial score (nSPS) is 19.1. The maximum Gasteiger partial charge on any atom is 0.234 e. The lowest BCUT2D eigenvalue weighted by atomic mass is 9.90. The topological polar surface area (TPSA) is 53.7 Å². The number of furan rings is 1. The third kappa shape index (κ3) is 3.04. The van der Waals surface area contributed by atoms with E-state index in [2.05, 4.69) is 11.1 Å². The Bertz CT molecular complexity index is 1850. The van der Waals surface area contributed by atoms with E-state index >= 15 is 0 Å². The fraction of sp³-hybridized carbons (Fsp3) is 0.233. The molecule has 0 amide bonds. The number of hydrogen-bond donors (Lipinski definition) is 0. The van der Waals surface area contributed by atoms with Crippen molar-refractivity contribution >= 4 is 21.9 Å². The van der Waals surface area contributed by atoms with Crippen molar-refractivity contribution in [3.63, 3.8) is 0 Å². The molecular weight excluding hydrogens is 418 g/mol. The van der Waals surface area contributed by atoms with Gasteiger partial charge in [0.2, 0.25) is 5.69 Å². The van der Waals surface area contributed by atoms with Gasteiger partial charge < -0.3 is 4.42 Å². The molecule has 2 aromatic heterocycles. The van der Waals surface area contributed by atoms with E-state index in [1.165, 1.54) is 0 Å². The summed E-state index contributed by atoms with van der Waals surface area (Å²) >= 11 is 0. The Morgan fingerprint density at radius 1 is 1.03 bits per heavy atom. The maximum atomic E-state index is 10.1. The van der Waals surface area contributed by atoms with Crippen LogP contribution < -0.4 is 4.57 Å². The van der Waals surface area contributed by atoms with Crippen LogP contribution in [0, 0.1) is 23.7 Å². The number of hydrogen-bond acceptors (Lipinski definition) is 3. The minimum absolute atomic E-state index is 0.306. The minimum Gasteiger partial charge on any atom is -0.454 e. The molecule has 4 heteroatoms. The first-order valence-corrected chi connectivity index (χ1v) is 11.3. The van der Waals surface area contributed by atoms with Crippen molar-refractivity contribution in [1.82, 2.24) is 4.98 Å². The van der Waals surface area contributed by atoms with Crippen LogP contribution in [0.15, 0.2) is 65.5 Å². The number of aryl methyl sites for hydroxylation is 2. The lowest BCUT2D eigenvalue weighted by molar-refractivity contribution is -0.660. The summed E-state index contributed by atoms with van der Waals surface area (Å²) in [5.74, 6) is 0. The molecule has 0 bridgehead atoms. The molecule has 0 saturated heterocycles. The fourth-order valence-electron chi connectivity index (χ4n) is 4.98. The van der Waals surface area contributed by atoms with Gasteiger partial charge >= 0.3 is 0 Å². The average Bonchev–Trinajstić information content (AvgIpc) is 3.30. The highest BCUT2D eigenvalue weighted by Crippen LogP contribution is 2.43. The van der Waals surface area contributed by atoms with E-state index in [0.717, 1.165) is 27.6 Å². The first kappa shape index (κ1) is 16.6. The van der Waals surface area contributed by atoms with E-state index in [9.17, 15) is 5.26 Å². The highest BCUT2D eigenvalue weighted by molar-refractivity contribution is 6.14. The zero-order chi connectivity index (χ0) is 27.2. The van der Waals surface area contributed by atoms with Crippen molar-refractivity contribution in [2.24, 2.45) is 12.5 Å². The molecule has 0 fully saturated rings. The fourth-order valence-corrected chi connectivity index (χ4v) is 4.98.